The first-order chi connectivity index (χ1) is 7.27. The van der Waals surface area contributed by atoms with Crippen LogP contribution in [0.5, 0.6) is 0 Å². The summed E-state index contributed by atoms with van der Waals surface area (Å²) >= 11 is 0. The van der Waals surface area contributed by atoms with E-state index in [0.29, 0.717) is 12.0 Å². The molecule has 2 rings (SSSR count). The van der Waals surface area contributed by atoms with Gasteiger partial charge in [0.1, 0.15) is 0 Å². The highest BCUT2D eigenvalue weighted by molar-refractivity contribution is 5.68. The molecule has 0 spiro atoms. The van der Waals surface area contributed by atoms with Crippen molar-refractivity contribution in [3.63, 3.8) is 0 Å². The summed E-state index contributed by atoms with van der Waals surface area (Å²) in [5.41, 5.74) is 0. The lowest BCUT2D eigenvalue weighted by Crippen LogP contribution is -2.55. The number of methoxy groups -OCH3 is 1. The molecule has 0 bridgehead atoms. The van der Waals surface area contributed by atoms with Crippen molar-refractivity contribution in [2.24, 2.45) is 11.8 Å². The largest absolute Gasteiger partial charge is 0.453 e. The number of hydrogen-bond acceptors (Lipinski definition) is 3. The van der Waals surface area contributed by atoms with Crippen LogP contribution in [0.3, 0.4) is 0 Å². The fourth-order valence-corrected chi connectivity index (χ4v) is 2.61. The number of nitrogens with zero attached hydrogens (tertiary/aromatic N) is 1. The quantitative estimate of drug-likeness (QED) is 0.764. The number of ether oxygens (including phenoxy) is 1. The van der Waals surface area contributed by atoms with Crippen molar-refractivity contribution in [3.05, 3.63) is 0 Å². The highest BCUT2D eigenvalue weighted by atomic mass is 16.5. The molecule has 1 N–H and O–H groups in total. The van der Waals surface area contributed by atoms with Crippen LogP contribution in [0.2, 0.25) is 0 Å². The molecule has 2 unspecified atom stereocenters. The van der Waals surface area contributed by atoms with Crippen LogP contribution in [-0.2, 0) is 4.74 Å². The van der Waals surface area contributed by atoms with Crippen LogP contribution in [0.4, 0.5) is 4.79 Å². The minimum Gasteiger partial charge on any atom is -0.453 e. The van der Waals surface area contributed by atoms with E-state index in [-0.39, 0.29) is 12.7 Å². The summed E-state index contributed by atoms with van der Waals surface area (Å²) in [6.07, 6.45) is 4.20. The third kappa shape index (κ3) is 2.09. The van der Waals surface area contributed by atoms with Gasteiger partial charge >= 0.3 is 6.09 Å². The summed E-state index contributed by atoms with van der Waals surface area (Å²) in [4.78, 5) is 13.2. The zero-order valence-electron chi connectivity index (χ0n) is 9.19. The number of carbonyl (C=O) groups is 1. The Labute approximate surface area is 90.2 Å². The molecule has 86 valence electrons. The Balaban J connectivity index is 1.92. The zero-order valence-corrected chi connectivity index (χ0v) is 9.19. The second-order valence-electron chi connectivity index (χ2n) is 4.53. The van der Waals surface area contributed by atoms with Gasteiger partial charge in [-0.05, 0) is 37.5 Å². The maximum absolute atomic E-state index is 11.4. The Bertz CT molecular complexity index is 240. The van der Waals surface area contributed by atoms with Gasteiger partial charge < -0.3 is 14.7 Å². The van der Waals surface area contributed by atoms with Gasteiger partial charge in [-0.2, -0.15) is 0 Å². The number of rotatable bonds is 4. The molecule has 1 saturated heterocycles. The number of aliphatic hydroxyl groups excluding tert-OH is 1. The molecule has 1 aliphatic heterocycles. The molecule has 0 radical (unpaired) electrons. The summed E-state index contributed by atoms with van der Waals surface area (Å²) in [7, 11) is 1.43. The third-order valence-electron chi connectivity index (χ3n) is 3.66. The maximum atomic E-state index is 11.4. The van der Waals surface area contributed by atoms with Gasteiger partial charge in [0.2, 0.25) is 0 Å². The van der Waals surface area contributed by atoms with Gasteiger partial charge in [-0.15, -0.1) is 0 Å². The maximum Gasteiger partial charge on any atom is 0.409 e. The fourth-order valence-electron chi connectivity index (χ4n) is 2.61. The first-order valence-corrected chi connectivity index (χ1v) is 5.73. The second kappa shape index (κ2) is 4.39. The molecule has 4 heteroatoms. The standard InChI is InChI=1S/C11H19NO3/c1-15-11(14)12-6-4-10(12)9(5-7-13)8-2-3-8/h8-10,13H,2-7H2,1H3. The molecule has 1 heterocycles. The second-order valence-corrected chi connectivity index (χ2v) is 4.53. The Morgan fingerprint density at radius 3 is 2.67 bits per heavy atom. The van der Waals surface area contributed by atoms with E-state index < -0.39 is 0 Å². The molecule has 1 saturated carbocycles. The summed E-state index contributed by atoms with van der Waals surface area (Å²) in [6.45, 7) is 1.04. The molecule has 0 aromatic carbocycles. The molecule has 1 aliphatic carbocycles. The molecule has 2 aliphatic rings. The van der Waals surface area contributed by atoms with Crippen molar-refractivity contribution in [3.8, 4) is 0 Å². The fraction of sp³-hybridized carbons (Fsp3) is 0.909. The van der Waals surface area contributed by atoms with E-state index in [2.05, 4.69) is 0 Å². The van der Waals surface area contributed by atoms with Crippen molar-refractivity contribution in [2.45, 2.75) is 31.7 Å². The van der Waals surface area contributed by atoms with Crippen LogP contribution in [-0.4, -0.2) is 42.4 Å². The SMILES string of the molecule is COC(=O)N1CCC1C(CCO)C1CC1. The third-order valence-corrected chi connectivity index (χ3v) is 3.66. The predicted molar refractivity (Wildman–Crippen MR) is 55.4 cm³/mol. The Kier molecular flexibility index (Phi) is 3.14. The number of carbonyl (C=O) groups excluding carboxylic acids is 1. The lowest BCUT2D eigenvalue weighted by Gasteiger charge is -2.44. The first kappa shape index (κ1) is 10.7. The summed E-state index contributed by atoms with van der Waals surface area (Å²) in [5.74, 6) is 1.22. The average Bonchev–Trinajstić information content (AvgIpc) is 2.98. The molecule has 15 heavy (non-hydrogen) atoms. The summed E-state index contributed by atoms with van der Waals surface area (Å²) in [6, 6.07) is 0.317. The molecule has 2 fully saturated rings. The van der Waals surface area contributed by atoms with Gasteiger partial charge in [-0.3, -0.25) is 0 Å². The first-order valence-electron chi connectivity index (χ1n) is 5.73. The van der Waals surface area contributed by atoms with Crippen LogP contribution >= 0.6 is 0 Å². The van der Waals surface area contributed by atoms with E-state index in [1.165, 1.54) is 20.0 Å². The number of hydrogen-bond donors (Lipinski definition) is 1. The van der Waals surface area contributed by atoms with Gasteiger partial charge in [0.05, 0.1) is 7.11 Å². The average molecular weight is 213 g/mol. The van der Waals surface area contributed by atoms with Gasteiger partial charge in [0.25, 0.3) is 0 Å². The zero-order chi connectivity index (χ0) is 10.8. The van der Waals surface area contributed by atoms with E-state index in [1.54, 1.807) is 4.90 Å². The molecule has 1 amide bonds. The van der Waals surface area contributed by atoms with Gasteiger partial charge in [0, 0.05) is 19.2 Å². The molecule has 2 atom stereocenters. The topological polar surface area (TPSA) is 49.8 Å². The predicted octanol–water partition coefficient (Wildman–Crippen LogP) is 1.24. The minimum atomic E-state index is -0.213. The monoisotopic (exact) mass is 213 g/mol. The Hall–Kier alpha value is -0.770. The van der Waals surface area contributed by atoms with Crippen LogP contribution < -0.4 is 0 Å². The highest BCUT2D eigenvalue weighted by Gasteiger charge is 2.44. The summed E-state index contributed by atoms with van der Waals surface area (Å²) in [5, 5.41) is 9.03. The van der Waals surface area contributed by atoms with Crippen molar-refractivity contribution in [1.82, 2.24) is 4.90 Å². The number of aliphatic hydroxyl groups is 1. The van der Waals surface area contributed by atoms with Crippen LogP contribution in [0.15, 0.2) is 0 Å². The summed E-state index contributed by atoms with van der Waals surface area (Å²) < 4.78 is 4.74. The van der Waals surface area contributed by atoms with E-state index >= 15 is 0 Å². The Morgan fingerprint density at radius 2 is 2.27 bits per heavy atom. The van der Waals surface area contributed by atoms with E-state index in [0.717, 1.165) is 25.3 Å². The molecule has 4 nitrogen and oxygen atoms in total. The van der Waals surface area contributed by atoms with Crippen LogP contribution in [0.25, 0.3) is 0 Å². The molecular weight excluding hydrogens is 194 g/mol. The van der Waals surface area contributed by atoms with Gasteiger partial charge in [0.15, 0.2) is 0 Å². The van der Waals surface area contributed by atoms with E-state index in [4.69, 9.17) is 9.84 Å². The lowest BCUT2D eigenvalue weighted by molar-refractivity contribution is 0.0226. The number of amides is 1. The van der Waals surface area contributed by atoms with E-state index in [1.807, 2.05) is 0 Å². The highest BCUT2D eigenvalue weighted by Crippen LogP contribution is 2.44. The van der Waals surface area contributed by atoms with Crippen molar-refractivity contribution in [2.75, 3.05) is 20.3 Å². The lowest BCUT2D eigenvalue weighted by atomic mass is 9.84. The number of likely N-dealkylation sites (tertiary alicyclic amines) is 1. The van der Waals surface area contributed by atoms with Crippen molar-refractivity contribution in [1.29, 1.82) is 0 Å². The van der Waals surface area contributed by atoms with E-state index in [9.17, 15) is 4.79 Å². The normalized spacial score (nSPS) is 27.1. The minimum absolute atomic E-state index is 0.213. The molecule has 0 aromatic heterocycles. The molecular formula is C11H19NO3. The van der Waals surface area contributed by atoms with Crippen LogP contribution in [0, 0.1) is 11.8 Å². The van der Waals surface area contributed by atoms with Crippen molar-refractivity contribution < 1.29 is 14.6 Å². The Morgan fingerprint density at radius 1 is 1.53 bits per heavy atom. The van der Waals surface area contributed by atoms with Crippen molar-refractivity contribution >= 4 is 6.09 Å². The molecule has 0 aromatic rings. The van der Waals surface area contributed by atoms with Gasteiger partial charge in [-0.25, -0.2) is 4.79 Å². The van der Waals surface area contributed by atoms with Gasteiger partial charge in [-0.1, -0.05) is 0 Å². The smallest absolute Gasteiger partial charge is 0.409 e. The van der Waals surface area contributed by atoms with Crippen LogP contribution in [0.1, 0.15) is 25.7 Å².